The lowest BCUT2D eigenvalue weighted by atomic mass is 9.91. The second kappa shape index (κ2) is 6.12. The number of para-hydroxylation sites is 1. The lowest BCUT2D eigenvalue weighted by Gasteiger charge is -2.31. The van der Waals surface area contributed by atoms with Crippen LogP contribution in [0.5, 0.6) is 5.75 Å². The maximum absolute atomic E-state index is 13.4. The zero-order chi connectivity index (χ0) is 17.5. The summed E-state index contributed by atoms with van der Waals surface area (Å²) in [5, 5.41) is 8.65. The Kier molecular flexibility index (Phi) is 3.62. The van der Waals surface area contributed by atoms with Gasteiger partial charge >= 0.3 is 0 Å². The number of ether oxygens (including phenoxy) is 1. The number of amides is 1. The van der Waals surface area contributed by atoms with Gasteiger partial charge in [-0.05, 0) is 37.5 Å². The van der Waals surface area contributed by atoms with Crippen molar-refractivity contribution in [2.24, 2.45) is 0 Å². The van der Waals surface area contributed by atoms with E-state index in [1.807, 2.05) is 58.0 Å². The number of carbonyl (C=O) groups is 1. The first-order valence-corrected chi connectivity index (χ1v) is 9.15. The highest BCUT2D eigenvalue weighted by Gasteiger charge is 2.38. The van der Waals surface area contributed by atoms with Crippen LogP contribution in [0, 0.1) is 0 Å². The van der Waals surface area contributed by atoms with Crippen molar-refractivity contribution < 1.29 is 9.53 Å². The van der Waals surface area contributed by atoms with Gasteiger partial charge in [-0.2, -0.15) is 0 Å². The highest BCUT2D eigenvalue weighted by atomic mass is 16.5. The monoisotopic (exact) mass is 348 g/mol. The molecule has 0 unspecified atom stereocenters. The van der Waals surface area contributed by atoms with Gasteiger partial charge in [0, 0.05) is 18.3 Å². The van der Waals surface area contributed by atoms with E-state index in [2.05, 4.69) is 10.2 Å². The zero-order valence-corrected chi connectivity index (χ0v) is 14.4. The molecular formula is C20H20N4O2. The number of pyridine rings is 1. The highest BCUT2D eigenvalue weighted by Crippen LogP contribution is 2.39. The molecule has 1 saturated heterocycles. The predicted octanol–water partition coefficient (Wildman–Crippen LogP) is 2.96. The Labute approximate surface area is 151 Å². The third-order valence-electron chi connectivity index (χ3n) is 5.43. The Morgan fingerprint density at radius 1 is 1.08 bits per heavy atom. The van der Waals surface area contributed by atoms with E-state index in [9.17, 15) is 4.79 Å². The molecule has 0 aliphatic carbocycles. The number of likely N-dealkylation sites (tertiary alicyclic amines) is 1. The number of fused-ring (bicyclic) bond motifs is 2. The van der Waals surface area contributed by atoms with E-state index in [0.717, 1.165) is 48.6 Å². The maximum atomic E-state index is 13.4. The minimum absolute atomic E-state index is 0.0186. The van der Waals surface area contributed by atoms with Crippen LogP contribution in [0.1, 0.15) is 42.6 Å². The summed E-state index contributed by atoms with van der Waals surface area (Å²) in [5.74, 6) is 1.73. The van der Waals surface area contributed by atoms with E-state index in [0.29, 0.717) is 6.61 Å². The number of aromatic nitrogens is 3. The van der Waals surface area contributed by atoms with Crippen LogP contribution in [-0.4, -0.2) is 38.6 Å². The van der Waals surface area contributed by atoms with Gasteiger partial charge < -0.3 is 9.64 Å². The van der Waals surface area contributed by atoms with Gasteiger partial charge in [0.25, 0.3) is 0 Å². The number of nitrogens with zero attached hydrogens (tertiary/aromatic N) is 4. The first-order valence-electron chi connectivity index (χ1n) is 9.15. The average Bonchev–Trinajstić information content (AvgIpc) is 3.33. The fraction of sp³-hybridized carbons (Fsp3) is 0.350. The van der Waals surface area contributed by atoms with E-state index >= 15 is 0 Å². The summed E-state index contributed by atoms with van der Waals surface area (Å²) in [7, 11) is 0. The van der Waals surface area contributed by atoms with Gasteiger partial charge in [-0.1, -0.05) is 24.3 Å². The average molecular weight is 348 g/mol. The van der Waals surface area contributed by atoms with Gasteiger partial charge in [-0.3, -0.25) is 9.20 Å². The van der Waals surface area contributed by atoms with Crippen LogP contribution in [-0.2, 0) is 4.79 Å². The van der Waals surface area contributed by atoms with Crippen molar-refractivity contribution >= 4 is 11.6 Å². The van der Waals surface area contributed by atoms with E-state index in [-0.39, 0.29) is 17.9 Å². The third kappa shape index (κ3) is 2.36. The molecule has 0 radical (unpaired) electrons. The van der Waals surface area contributed by atoms with Crippen molar-refractivity contribution in [3.8, 4) is 5.75 Å². The van der Waals surface area contributed by atoms with Crippen molar-refractivity contribution in [2.75, 3.05) is 13.2 Å². The van der Waals surface area contributed by atoms with Crippen LogP contribution in [0.2, 0.25) is 0 Å². The number of hydrogen-bond acceptors (Lipinski definition) is 4. The highest BCUT2D eigenvalue weighted by molar-refractivity contribution is 5.85. The van der Waals surface area contributed by atoms with E-state index in [1.165, 1.54) is 0 Å². The summed E-state index contributed by atoms with van der Waals surface area (Å²) < 4.78 is 7.72. The lowest BCUT2D eigenvalue weighted by Crippen LogP contribution is -2.37. The molecule has 0 spiro atoms. The summed E-state index contributed by atoms with van der Waals surface area (Å²) in [6.07, 6.45) is 4.60. The Morgan fingerprint density at radius 2 is 1.96 bits per heavy atom. The minimum Gasteiger partial charge on any atom is -0.493 e. The Balaban J connectivity index is 1.49. The number of benzene rings is 1. The second-order valence-electron chi connectivity index (χ2n) is 6.90. The van der Waals surface area contributed by atoms with E-state index < -0.39 is 0 Å². The van der Waals surface area contributed by atoms with Gasteiger partial charge in [0.15, 0.2) is 11.5 Å². The molecule has 1 fully saturated rings. The number of rotatable bonds is 2. The standard InChI is InChI=1S/C20H20N4O2/c25-20(15-10-13-26-17-8-2-1-6-14(15)17)23-12-5-7-16(23)19-22-21-18-9-3-4-11-24(18)19/h1-4,6,8-9,11,15-16H,5,7,10,12-13H2/t15-,16-/m0/s1. The predicted molar refractivity (Wildman–Crippen MR) is 96.0 cm³/mol. The molecule has 2 aliphatic heterocycles. The fourth-order valence-electron chi connectivity index (χ4n) is 4.18. The molecule has 4 heterocycles. The smallest absolute Gasteiger partial charge is 0.231 e. The number of carbonyl (C=O) groups excluding carboxylic acids is 1. The molecule has 5 rings (SSSR count). The van der Waals surface area contributed by atoms with Crippen LogP contribution < -0.4 is 4.74 Å². The van der Waals surface area contributed by atoms with Crippen LogP contribution in [0.4, 0.5) is 0 Å². The normalized spacial score (nSPS) is 22.2. The largest absolute Gasteiger partial charge is 0.493 e. The van der Waals surface area contributed by atoms with E-state index in [4.69, 9.17) is 4.74 Å². The van der Waals surface area contributed by atoms with Gasteiger partial charge in [0.1, 0.15) is 5.75 Å². The molecule has 1 aromatic carbocycles. The Bertz CT molecular complexity index is 967. The molecule has 3 aromatic rings. The topological polar surface area (TPSA) is 59.7 Å². The molecule has 0 saturated carbocycles. The molecule has 0 N–H and O–H groups in total. The minimum atomic E-state index is -0.139. The van der Waals surface area contributed by atoms with Crippen LogP contribution in [0.3, 0.4) is 0 Å². The summed E-state index contributed by atoms with van der Waals surface area (Å²) in [4.78, 5) is 15.4. The first kappa shape index (κ1) is 15.4. The molecule has 2 aliphatic rings. The quantitative estimate of drug-likeness (QED) is 0.714. The molecule has 132 valence electrons. The lowest BCUT2D eigenvalue weighted by molar-refractivity contribution is -0.134. The molecule has 1 amide bonds. The summed E-state index contributed by atoms with van der Waals surface area (Å²) in [6, 6.07) is 13.7. The van der Waals surface area contributed by atoms with Gasteiger partial charge in [-0.15, -0.1) is 10.2 Å². The molecule has 2 atom stereocenters. The SMILES string of the molecule is O=C([C@H]1CCOc2ccccc21)N1CCC[C@H]1c1nnc2ccccn12. The molecule has 2 aromatic heterocycles. The van der Waals surface area contributed by atoms with Crippen LogP contribution >= 0.6 is 0 Å². The molecular weight excluding hydrogens is 328 g/mol. The van der Waals surface area contributed by atoms with Crippen LogP contribution in [0.25, 0.3) is 5.65 Å². The molecule has 26 heavy (non-hydrogen) atoms. The molecule has 0 bridgehead atoms. The zero-order valence-electron chi connectivity index (χ0n) is 14.4. The van der Waals surface area contributed by atoms with Gasteiger partial charge in [0.2, 0.25) is 5.91 Å². The van der Waals surface area contributed by atoms with Crippen molar-refractivity contribution in [1.29, 1.82) is 0 Å². The second-order valence-corrected chi connectivity index (χ2v) is 6.90. The van der Waals surface area contributed by atoms with Gasteiger partial charge in [-0.25, -0.2) is 0 Å². The molecule has 6 nitrogen and oxygen atoms in total. The van der Waals surface area contributed by atoms with Crippen LogP contribution in [0.15, 0.2) is 48.7 Å². The Morgan fingerprint density at radius 3 is 2.92 bits per heavy atom. The van der Waals surface area contributed by atoms with Crippen molar-refractivity contribution in [2.45, 2.75) is 31.2 Å². The summed E-state index contributed by atoms with van der Waals surface area (Å²) in [5.41, 5.74) is 1.82. The fourth-order valence-corrected chi connectivity index (χ4v) is 4.18. The van der Waals surface area contributed by atoms with Crippen molar-refractivity contribution in [1.82, 2.24) is 19.5 Å². The van der Waals surface area contributed by atoms with E-state index in [1.54, 1.807) is 0 Å². The molecule has 6 heteroatoms. The third-order valence-corrected chi connectivity index (χ3v) is 5.43. The van der Waals surface area contributed by atoms with Gasteiger partial charge in [0.05, 0.1) is 18.6 Å². The van der Waals surface area contributed by atoms with Crippen molar-refractivity contribution in [3.63, 3.8) is 0 Å². The summed E-state index contributed by atoms with van der Waals surface area (Å²) in [6.45, 7) is 1.35. The first-order chi connectivity index (χ1) is 12.8. The summed E-state index contributed by atoms with van der Waals surface area (Å²) >= 11 is 0. The Hall–Kier alpha value is -2.89. The number of hydrogen-bond donors (Lipinski definition) is 0. The van der Waals surface area contributed by atoms with Crippen molar-refractivity contribution in [3.05, 3.63) is 60.0 Å². The maximum Gasteiger partial charge on any atom is 0.231 e.